The summed E-state index contributed by atoms with van der Waals surface area (Å²) in [6.45, 7) is 2.29. The average Bonchev–Trinajstić information content (AvgIpc) is 3.12. The summed E-state index contributed by atoms with van der Waals surface area (Å²) < 4.78 is 20.3. The maximum atomic E-state index is 12.9. The lowest BCUT2D eigenvalue weighted by Gasteiger charge is -2.12. The van der Waals surface area contributed by atoms with Crippen molar-refractivity contribution in [2.45, 2.75) is 18.1 Å². The van der Waals surface area contributed by atoms with Crippen molar-refractivity contribution >= 4 is 35.3 Å². The molecule has 1 unspecified atom stereocenters. The molecule has 0 aliphatic rings. The van der Waals surface area contributed by atoms with E-state index in [1.54, 1.807) is 24.3 Å². The molecular formula is C22H22ClFN4O2S. The summed E-state index contributed by atoms with van der Waals surface area (Å²) >= 11 is 7.58. The molecule has 9 heteroatoms. The fraction of sp³-hybridized carbons (Fsp3) is 0.227. The van der Waals surface area contributed by atoms with Crippen LogP contribution in [0.3, 0.4) is 0 Å². The molecule has 3 aromatic rings. The van der Waals surface area contributed by atoms with Crippen molar-refractivity contribution in [1.82, 2.24) is 20.1 Å². The van der Waals surface area contributed by atoms with Gasteiger partial charge in [-0.1, -0.05) is 41.6 Å². The van der Waals surface area contributed by atoms with Crippen LogP contribution in [-0.4, -0.2) is 33.0 Å². The Balaban J connectivity index is 1.49. The van der Waals surface area contributed by atoms with E-state index in [2.05, 4.69) is 15.5 Å². The minimum atomic E-state index is -0.328. The Hall–Kier alpha value is -2.84. The van der Waals surface area contributed by atoms with E-state index in [0.29, 0.717) is 34.1 Å². The molecule has 0 saturated heterocycles. The van der Waals surface area contributed by atoms with Gasteiger partial charge < -0.3 is 14.6 Å². The van der Waals surface area contributed by atoms with Crippen LogP contribution < -0.4 is 10.1 Å². The van der Waals surface area contributed by atoms with Crippen LogP contribution in [0.15, 0.2) is 59.8 Å². The first kappa shape index (κ1) is 22.8. The van der Waals surface area contributed by atoms with Gasteiger partial charge in [-0.15, -0.1) is 10.2 Å². The number of carbonyl (C=O) groups is 1. The molecule has 1 N–H and O–H groups in total. The van der Waals surface area contributed by atoms with Crippen LogP contribution in [0.4, 0.5) is 4.39 Å². The molecular weight excluding hydrogens is 439 g/mol. The molecule has 6 nitrogen and oxygen atoms in total. The van der Waals surface area contributed by atoms with Crippen LogP contribution in [0.2, 0.25) is 5.02 Å². The predicted octanol–water partition coefficient (Wildman–Crippen LogP) is 4.67. The van der Waals surface area contributed by atoms with Crippen LogP contribution in [-0.2, 0) is 11.8 Å². The molecule has 0 radical (unpaired) electrons. The van der Waals surface area contributed by atoms with E-state index in [0.717, 1.165) is 5.56 Å². The number of aromatic nitrogens is 3. The second-order valence-electron chi connectivity index (χ2n) is 6.64. The second kappa shape index (κ2) is 11.0. The van der Waals surface area contributed by atoms with Crippen molar-refractivity contribution in [2.24, 2.45) is 7.05 Å². The number of amides is 1. The van der Waals surface area contributed by atoms with Crippen molar-refractivity contribution in [3.05, 3.63) is 76.8 Å². The van der Waals surface area contributed by atoms with E-state index < -0.39 is 0 Å². The van der Waals surface area contributed by atoms with Crippen LogP contribution in [0, 0.1) is 5.82 Å². The van der Waals surface area contributed by atoms with Crippen LogP contribution in [0.1, 0.15) is 24.4 Å². The zero-order chi connectivity index (χ0) is 22.2. The van der Waals surface area contributed by atoms with Crippen molar-refractivity contribution in [3.63, 3.8) is 0 Å². The first-order valence-electron chi connectivity index (χ1n) is 9.57. The number of thioether (sulfide) groups is 1. The molecule has 1 amide bonds. The monoisotopic (exact) mass is 460 g/mol. The fourth-order valence-corrected chi connectivity index (χ4v) is 3.69. The van der Waals surface area contributed by atoms with Gasteiger partial charge in [0.1, 0.15) is 11.6 Å². The lowest BCUT2D eigenvalue weighted by atomic mass is 10.2. The van der Waals surface area contributed by atoms with Gasteiger partial charge in [-0.2, -0.15) is 0 Å². The van der Waals surface area contributed by atoms with Crippen molar-refractivity contribution in [3.8, 4) is 5.75 Å². The summed E-state index contributed by atoms with van der Waals surface area (Å²) in [6.07, 6.45) is 3.11. The highest BCUT2D eigenvalue weighted by Gasteiger charge is 2.17. The Kier molecular flexibility index (Phi) is 8.08. The Bertz CT molecular complexity index is 1060. The number of halogens is 2. The number of carbonyl (C=O) groups excluding carboxylic acids is 1. The average molecular weight is 461 g/mol. The van der Waals surface area contributed by atoms with E-state index in [9.17, 15) is 9.18 Å². The highest BCUT2D eigenvalue weighted by molar-refractivity contribution is 7.99. The molecule has 0 bridgehead atoms. The second-order valence-corrected chi connectivity index (χ2v) is 8.11. The van der Waals surface area contributed by atoms with Gasteiger partial charge in [0, 0.05) is 23.9 Å². The topological polar surface area (TPSA) is 69.0 Å². The molecule has 1 atom stereocenters. The van der Waals surface area contributed by atoms with E-state index in [4.69, 9.17) is 16.3 Å². The van der Waals surface area contributed by atoms with Crippen molar-refractivity contribution < 1.29 is 13.9 Å². The Labute approximate surface area is 189 Å². The van der Waals surface area contributed by atoms with Crippen LogP contribution in [0.25, 0.3) is 6.08 Å². The van der Waals surface area contributed by atoms with E-state index in [-0.39, 0.29) is 17.8 Å². The van der Waals surface area contributed by atoms with Gasteiger partial charge in [-0.25, -0.2) is 4.39 Å². The van der Waals surface area contributed by atoms with Gasteiger partial charge in [0.15, 0.2) is 11.0 Å². The molecule has 0 spiro atoms. The van der Waals surface area contributed by atoms with Crippen LogP contribution in [0.5, 0.6) is 5.75 Å². The van der Waals surface area contributed by atoms with Gasteiger partial charge in [-0.05, 0) is 48.9 Å². The van der Waals surface area contributed by atoms with Crippen molar-refractivity contribution in [2.75, 3.05) is 12.4 Å². The minimum Gasteiger partial charge on any atom is -0.493 e. The SMILES string of the molecule is CC(NC(=O)C=Cc1ccccc1Cl)c1nnc(SCCOc2ccc(F)cc2)n1C. The number of nitrogens with one attached hydrogen (secondary N) is 1. The molecule has 1 heterocycles. The molecule has 1 aromatic heterocycles. The van der Waals surface area contributed by atoms with Gasteiger partial charge >= 0.3 is 0 Å². The maximum absolute atomic E-state index is 12.9. The lowest BCUT2D eigenvalue weighted by Crippen LogP contribution is -2.26. The standard InChI is InChI=1S/C22H22ClFN4O2S/c1-15(25-20(29)12-7-16-5-3-4-6-19(16)23)21-26-27-22(28(21)2)31-14-13-30-18-10-8-17(24)9-11-18/h3-12,15H,13-14H2,1-2H3,(H,25,29). The largest absolute Gasteiger partial charge is 0.493 e. The third-order valence-electron chi connectivity index (χ3n) is 4.33. The normalized spacial score (nSPS) is 12.1. The first-order valence-corrected chi connectivity index (χ1v) is 10.9. The zero-order valence-electron chi connectivity index (χ0n) is 17.1. The summed E-state index contributed by atoms with van der Waals surface area (Å²) in [5.74, 6) is 1.35. The fourth-order valence-electron chi connectivity index (χ4n) is 2.75. The van der Waals surface area contributed by atoms with Gasteiger partial charge in [0.25, 0.3) is 0 Å². The number of ether oxygens (including phenoxy) is 1. The molecule has 0 fully saturated rings. The molecule has 3 rings (SSSR count). The van der Waals surface area contributed by atoms with E-state index in [1.807, 2.05) is 36.7 Å². The minimum absolute atomic E-state index is 0.252. The van der Waals surface area contributed by atoms with Gasteiger partial charge in [0.05, 0.1) is 12.6 Å². The molecule has 162 valence electrons. The Morgan fingerprint density at radius 1 is 1.26 bits per heavy atom. The summed E-state index contributed by atoms with van der Waals surface area (Å²) in [5, 5.41) is 12.6. The number of hydrogen-bond acceptors (Lipinski definition) is 5. The Morgan fingerprint density at radius 3 is 2.74 bits per heavy atom. The zero-order valence-corrected chi connectivity index (χ0v) is 18.7. The lowest BCUT2D eigenvalue weighted by molar-refractivity contribution is -0.117. The molecule has 2 aromatic carbocycles. The first-order chi connectivity index (χ1) is 14.9. The van der Waals surface area contributed by atoms with Gasteiger partial charge in [0.2, 0.25) is 5.91 Å². The molecule has 0 aliphatic carbocycles. The molecule has 31 heavy (non-hydrogen) atoms. The quantitative estimate of drug-likeness (QED) is 0.285. The van der Waals surface area contributed by atoms with Crippen molar-refractivity contribution in [1.29, 1.82) is 0 Å². The van der Waals surface area contributed by atoms with Gasteiger partial charge in [-0.3, -0.25) is 4.79 Å². The number of hydrogen-bond donors (Lipinski definition) is 1. The Morgan fingerprint density at radius 2 is 2.00 bits per heavy atom. The van der Waals surface area contributed by atoms with E-state index >= 15 is 0 Å². The summed E-state index contributed by atoms with van der Waals surface area (Å²) in [7, 11) is 1.85. The highest BCUT2D eigenvalue weighted by Crippen LogP contribution is 2.20. The number of benzene rings is 2. The summed E-state index contributed by atoms with van der Waals surface area (Å²) in [5.41, 5.74) is 0.771. The van der Waals surface area contributed by atoms with E-state index in [1.165, 1.54) is 30.0 Å². The number of rotatable bonds is 9. The number of nitrogens with zero attached hydrogens (tertiary/aromatic N) is 3. The maximum Gasteiger partial charge on any atom is 0.244 e. The summed E-state index contributed by atoms with van der Waals surface area (Å²) in [4.78, 5) is 12.3. The smallest absolute Gasteiger partial charge is 0.244 e. The third-order valence-corrected chi connectivity index (χ3v) is 5.66. The van der Waals surface area contributed by atoms with Crippen LogP contribution >= 0.6 is 23.4 Å². The molecule has 0 saturated carbocycles. The predicted molar refractivity (Wildman–Crippen MR) is 121 cm³/mol. The highest BCUT2D eigenvalue weighted by atomic mass is 35.5. The molecule has 0 aliphatic heterocycles. The third kappa shape index (κ3) is 6.57. The summed E-state index contributed by atoms with van der Waals surface area (Å²) in [6, 6.07) is 12.9.